The maximum Gasteiger partial charge on any atom is 0.162 e. The number of carbonyl (C=O) groups excluding carboxylic acids is 1. The van der Waals surface area contributed by atoms with Crippen LogP contribution in [0.1, 0.15) is 17.3 Å². The summed E-state index contributed by atoms with van der Waals surface area (Å²) in [5.41, 5.74) is 0.144. The topological polar surface area (TPSA) is 17.1 Å². The molecule has 1 nitrogen and oxygen atoms in total. The zero-order valence-electron chi connectivity index (χ0n) is 9.31. The summed E-state index contributed by atoms with van der Waals surface area (Å²) < 4.78 is 13.3. The molecule has 0 aliphatic heterocycles. The predicted molar refractivity (Wildman–Crippen MR) is 67.0 cm³/mol. The lowest BCUT2D eigenvalue weighted by atomic mass is 10.1. The van der Waals surface area contributed by atoms with Crippen molar-refractivity contribution in [3.63, 3.8) is 0 Å². The highest BCUT2D eigenvalue weighted by molar-refractivity contribution is 7.99. The molecular weight excluding hydrogens is 235 g/mol. The van der Waals surface area contributed by atoms with E-state index in [0.717, 1.165) is 9.79 Å². The molecule has 0 saturated heterocycles. The molecule has 0 unspecified atom stereocenters. The number of carbonyl (C=O) groups is 1. The van der Waals surface area contributed by atoms with Crippen LogP contribution in [0.4, 0.5) is 4.39 Å². The Balaban J connectivity index is 2.29. The Morgan fingerprint density at radius 3 is 2.41 bits per heavy atom. The van der Waals surface area contributed by atoms with E-state index in [1.165, 1.54) is 24.8 Å². The Morgan fingerprint density at radius 2 is 1.76 bits per heavy atom. The number of benzene rings is 2. The van der Waals surface area contributed by atoms with Crippen LogP contribution >= 0.6 is 11.8 Å². The maximum atomic E-state index is 13.3. The van der Waals surface area contributed by atoms with Crippen LogP contribution in [-0.4, -0.2) is 5.78 Å². The number of hydrogen-bond donors (Lipinski definition) is 0. The van der Waals surface area contributed by atoms with Crippen molar-refractivity contribution in [2.75, 3.05) is 0 Å². The first kappa shape index (κ1) is 11.9. The third kappa shape index (κ3) is 2.94. The molecule has 2 aromatic carbocycles. The SMILES string of the molecule is CC(=O)c1cc(Sc2ccccc2)ccc1F. The Bertz CT molecular complexity index is 537. The van der Waals surface area contributed by atoms with Crippen molar-refractivity contribution in [2.24, 2.45) is 0 Å². The smallest absolute Gasteiger partial charge is 0.162 e. The molecule has 0 aromatic heterocycles. The van der Waals surface area contributed by atoms with Gasteiger partial charge in [-0.2, -0.15) is 0 Å². The number of hydrogen-bond acceptors (Lipinski definition) is 2. The van der Waals surface area contributed by atoms with Gasteiger partial charge >= 0.3 is 0 Å². The van der Waals surface area contributed by atoms with Gasteiger partial charge in [0.05, 0.1) is 5.56 Å². The van der Waals surface area contributed by atoms with Gasteiger partial charge in [0.15, 0.2) is 5.78 Å². The van der Waals surface area contributed by atoms with Crippen molar-refractivity contribution in [1.82, 2.24) is 0 Å². The van der Waals surface area contributed by atoms with E-state index in [1.807, 2.05) is 30.3 Å². The van der Waals surface area contributed by atoms with E-state index < -0.39 is 5.82 Å². The van der Waals surface area contributed by atoms with Gasteiger partial charge in [-0.15, -0.1) is 0 Å². The average Bonchev–Trinajstić information content (AvgIpc) is 2.32. The van der Waals surface area contributed by atoms with E-state index in [1.54, 1.807) is 12.1 Å². The largest absolute Gasteiger partial charge is 0.294 e. The fourth-order valence-electron chi connectivity index (χ4n) is 1.46. The Labute approximate surface area is 104 Å². The highest BCUT2D eigenvalue weighted by atomic mass is 32.2. The molecule has 17 heavy (non-hydrogen) atoms. The lowest BCUT2D eigenvalue weighted by molar-refractivity contribution is 0.101. The Kier molecular flexibility index (Phi) is 3.59. The molecule has 0 atom stereocenters. The second-order valence-electron chi connectivity index (χ2n) is 3.61. The van der Waals surface area contributed by atoms with Crippen molar-refractivity contribution in [3.05, 3.63) is 59.9 Å². The first-order valence-electron chi connectivity index (χ1n) is 5.20. The minimum Gasteiger partial charge on any atom is -0.294 e. The van der Waals surface area contributed by atoms with Crippen LogP contribution in [0.3, 0.4) is 0 Å². The van der Waals surface area contributed by atoms with Crippen LogP contribution in [0.2, 0.25) is 0 Å². The van der Waals surface area contributed by atoms with E-state index in [9.17, 15) is 9.18 Å². The summed E-state index contributed by atoms with van der Waals surface area (Å²) in [6, 6.07) is 14.4. The summed E-state index contributed by atoms with van der Waals surface area (Å²) in [6.07, 6.45) is 0. The van der Waals surface area contributed by atoms with Gasteiger partial charge in [-0.1, -0.05) is 30.0 Å². The first-order valence-corrected chi connectivity index (χ1v) is 6.02. The highest BCUT2D eigenvalue weighted by Crippen LogP contribution is 2.28. The van der Waals surface area contributed by atoms with Crippen LogP contribution in [0.5, 0.6) is 0 Å². The lowest BCUT2D eigenvalue weighted by Crippen LogP contribution is -1.96. The number of rotatable bonds is 3. The van der Waals surface area contributed by atoms with E-state index in [0.29, 0.717) is 0 Å². The molecular formula is C14H11FOS. The average molecular weight is 246 g/mol. The van der Waals surface area contributed by atoms with Gasteiger partial charge in [-0.3, -0.25) is 4.79 Å². The molecule has 0 aliphatic carbocycles. The minimum absolute atomic E-state index is 0.144. The summed E-state index contributed by atoms with van der Waals surface area (Å²) >= 11 is 1.51. The Morgan fingerprint density at radius 1 is 1.06 bits per heavy atom. The van der Waals surface area contributed by atoms with Crippen molar-refractivity contribution in [3.8, 4) is 0 Å². The quantitative estimate of drug-likeness (QED) is 0.756. The van der Waals surface area contributed by atoms with Crippen LogP contribution in [-0.2, 0) is 0 Å². The molecule has 0 heterocycles. The van der Waals surface area contributed by atoms with Crippen molar-refractivity contribution in [2.45, 2.75) is 16.7 Å². The predicted octanol–water partition coefficient (Wildman–Crippen LogP) is 4.18. The van der Waals surface area contributed by atoms with E-state index in [2.05, 4.69) is 0 Å². The zero-order valence-corrected chi connectivity index (χ0v) is 10.1. The van der Waals surface area contributed by atoms with Gasteiger partial charge in [0.2, 0.25) is 0 Å². The van der Waals surface area contributed by atoms with Crippen molar-refractivity contribution >= 4 is 17.5 Å². The monoisotopic (exact) mass is 246 g/mol. The summed E-state index contributed by atoms with van der Waals surface area (Å²) in [5.74, 6) is -0.715. The van der Waals surface area contributed by atoms with Gasteiger partial charge in [0, 0.05) is 9.79 Å². The number of Topliss-reactive ketones (excluding diaryl/α,β-unsaturated/α-hetero) is 1. The van der Waals surface area contributed by atoms with E-state index >= 15 is 0 Å². The first-order chi connectivity index (χ1) is 8.16. The van der Waals surface area contributed by atoms with E-state index in [-0.39, 0.29) is 11.3 Å². The molecule has 86 valence electrons. The second-order valence-corrected chi connectivity index (χ2v) is 4.76. The van der Waals surface area contributed by atoms with Crippen LogP contribution in [0.25, 0.3) is 0 Å². The van der Waals surface area contributed by atoms with Gasteiger partial charge in [0.25, 0.3) is 0 Å². The molecule has 0 spiro atoms. The molecule has 0 bridgehead atoms. The zero-order chi connectivity index (χ0) is 12.3. The van der Waals surface area contributed by atoms with Gasteiger partial charge in [-0.05, 0) is 37.3 Å². The molecule has 0 fully saturated rings. The van der Waals surface area contributed by atoms with Crippen molar-refractivity contribution in [1.29, 1.82) is 0 Å². The van der Waals surface area contributed by atoms with Crippen LogP contribution < -0.4 is 0 Å². The van der Waals surface area contributed by atoms with E-state index in [4.69, 9.17) is 0 Å². The van der Waals surface area contributed by atoms with Gasteiger partial charge < -0.3 is 0 Å². The molecule has 3 heteroatoms. The standard InChI is InChI=1S/C14H11FOS/c1-10(16)13-9-12(7-8-14(13)15)17-11-5-3-2-4-6-11/h2-9H,1H3. The summed E-state index contributed by atoms with van der Waals surface area (Å²) in [5, 5.41) is 0. The molecule has 0 radical (unpaired) electrons. The second kappa shape index (κ2) is 5.15. The lowest BCUT2D eigenvalue weighted by Gasteiger charge is -2.04. The third-order valence-electron chi connectivity index (χ3n) is 2.30. The fourth-order valence-corrected chi connectivity index (χ4v) is 2.34. The molecule has 0 saturated carbocycles. The summed E-state index contributed by atoms with van der Waals surface area (Å²) in [4.78, 5) is 13.1. The molecule has 0 aliphatic rings. The summed E-state index contributed by atoms with van der Waals surface area (Å²) in [7, 11) is 0. The van der Waals surface area contributed by atoms with Crippen LogP contribution in [0, 0.1) is 5.82 Å². The maximum absolute atomic E-state index is 13.3. The fraction of sp³-hybridized carbons (Fsp3) is 0.0714. The third-order valence-corrected chi connectivity index (χ3v) is 3.29. The molecule has 0 N–H and O–H groups in total. The molecule has 2 rings (SSSR count). The Hall–Kier alpha value is -1.61. The van der Waals surface area contributed by atoms with Crippen molar-refractivity contribution < 1.29 is 9.18 Å². The van der Waals surface area contributed by atoms with Crippen LogP contribution in [0.15, 0.2) is 58.3 Å². The normalized spacial score (nSPS) is 10.2. The molecule has 2 aromatic rings. The van der Waals surface area contributed by atoms with Gasteiger partial charge in [-0.25, -0.2) is 4.39 Å². The minimum atomic E-state index is -0.463. The number of ketones is 1. The number of halogens is 1. The summed E-state index contributed by atoms with van der Waals surface area (Å²) in [6.45, 7) is 1.37. The van der Waals surface area contributed by atoms with Gasteiger partial charge in [0.1, 0.15) is 5.82 Å². The highest BCUT2D eigenvalue weighted by Gasteiger charge is 2.08. The molecule has 0 amide bonds.